The number of halogens is 1. The van der Waals surface area contributed by atoms with Crippen LogP contribution in [-0.4, -0.2) is 65.4 Å². The summed E-state index contributed by atoms with van der Waals surface area (Å²) in [7, 11) is 1.84. The van der Waals surface area contributed by atoms with E-state index >= 15 is 0 Å². The molecule has 5 nitrogen and oxygen atoms in total. The molecule has 2 aliphatic rings. The molecule has 0 atom stereocenters. The van der Waals surface area contributed by atoms with Crippen LogP contribution in [0.2, 0.25) is 0 Å². The summed E-state index contributed by atoms with van der Waals surface area (Å²) in [6.07, 6.45) is 3.49. The van der Waals surface area contributed by atoms with Crippen LogP contribution < -0.4 is 5.32 Å². The molecule has 1 amide bonds. The second kappa shape index (κ2) is 10.7. The summed E-state index contributed by atoms with van der Waals surface area (Å²) in [6, 6.07) is 8.01. The first-order chi connectivity index (χ1) is 13.0. The Labute approximate surface area is 190 Å². The van der Waals surface area contributed by atoms with E-state index in [-0.39, 0.29) is 34.6 Å². The van der Waals surface area contributed by atoms with Crippen LogP contribution in [0.3, 0.4) is 0 Å². The monoisotopic (exact) mass is 516 g/mol. The van der Waals surface area contributed by atoms with E-state index in [0.717, 1.165) is 68.4 Å². The highest BCUT2D eigenvalue weighted by atomic mass is 127. The summed E-state index contributed by atoms with van der Waals surface area (Å²) in [5.41, 5.74) is 1.96. The molecule has 0 saturated carbocycles. The summed E-state index contributed by atoms with van der Waals surface area (Å²) in [4.78, 5) is 21.4. The predicted octanol–water partition coefficient (Wildman–Crippen LogP) is 3.83. The number of carbonyl (C=O) groups is 1. The van der Waals surface area contributed by atoms with E-state index in [4.69, 9.17) is 0 Å². The van der Waals surface area contributed by atoms with E-state index in [1.54, 1.807) is 0 Å². The molecule has 28 heavy (non-hydrogen) atoms. The minimum absolute atomic E-state index is 0. The van der Waals surface area contributed by atoms with Gasteiger partial charge in [0.25, 0.3) is 5.91 Å². The molecule has 2 fully saturated rings. The normalized spacial score (nSPS) is 19.8. The zero-order valence-corrected chi connectivity index (χ0v) is 20.4. The van der Waals surface area contributed by atoms with Gasteiger partial charge in [0.05, 0.1) is 0 Å². The van der Waals surface area contributed by atoms with Crippen LogP contribution in [0.15, 0.2) is 29.3 Å². The first-order valence-corrected chi connectivity index (χ1v) is 10.9. The van der Waals surface area contributed by atoms with Crippen LogP contribution in [0.25, 0.3) is 0 Å². The van der Waals surface area contributed by atoms with Crippen molar-refractivity contribution in [3.8, 4) is 0 Å². The maximum atomic E-state index is 12.6. The highest BCUT2D eigenvalue weighted by Crippen LogP contribution is 2.29. The van der Waals surface area contributed by atoms with Crippen molar-refractivity contribution in [3.05, 3.63) is 35.4 Å². The van der Waals surface area contributed by atoms with Gasteiger partial charge in [0, 0.05) is 55.8 Å². The molecular weight excluding hydrogens is 483 g/mol. The van der Waals surface area contributed by atoms with E-state index in [2.05, 4.69) is 29.1 Å². The summed E-state index contributed by atoms with van der Waals surface area (Å²) in [5.74, 6) is 2.25. The van der Waals surface area contributed by atoms with E-state index in [9.17, 15) is 4.79 Å². The molecule has 1 N–H and O–H groups in total. The Morgan fingerprint density at radius 1 is 1.11 bits per heavy atom. The highest BCUT2D eigenvalue weighted by molar-refractivity contribution is 14.0. The van der Waals surface area contributed by atoms with Gasteiger partial charge in [0.15, 0.2) is 5.96 Å². The number of amides is 1. The topological polar surface area (TPSA) is 47.9 Å². The van der Waals surface area contributed by atoms with Crippen molar-refractivity contribution in [2.45, 2.75) is 44.4 Å². The first-order valence-electron chi connectivity index (χ1n) is 9.96. The van der Waals surface area contributed by atoms with Gasteiger partial charge in [0.2, 0.25) is 0 Å². The van der Waals surface area contributed by atoms with Gasteiger partial charge in [-0.15, -0.1) is 24.0 Å². The van der Waals surface area contributed by atoms with Gasteiger partial charge in [-0.1, -0.05) is 12.1 Å². The number of aliphatic imine (C=N–C) groups is 1. The first kappa shape index (κ1) is 23.3. The van der Waals surface area contributed by atoms with Gasteiger partial charge in [-0.25, -0.2) is 0 Å². The molecule has 156 valence electrons. The Bertz CT molecular complexity index is 671. The van der Waals surface area contributed by atoms with Crippen molar-refractivity contribution in [2.75, 3.05) is 39.0 Å². The van der Waals surface area contributed by atoms with Crippen LogP contribution in [0.4, 0.5) is 0 Å². The quantitative estimate of drug-likeness (QED) is 0.377. The molecule has 1 aromatic carbocycles. The number of likely N-dealkylation sites (tertiary alicyclic amines) is 1. The van der Waals surface area contributed by atoms with Crippen molar-refractivity contribution in [1.29, 1.82) is 0 Å². The van der Waals surface area contributed by atoms with Crippen molar-refractivity contribution < 1.29 is 4.79 Å². The van der Waals surface area contributed by atoms with E-state index < -0.39 is 0 Å². The number of nitrogens with one attached hydrogen (secondary N) is 1. The Balaban J connectivity index is 0.00000280. The maximum Gasteiger partial charge on any atom is 0.253 e. The predicted molar refractivity (Wildman–Crippen MR) is 130 cm³/mol. The van der Waals surface area contributed by atoms with Crippen LogP contribution >= 0.6 is 35.7 Å². The lowest BCUT2D eigenvalue weighted by Gasteiger charge is -2.39. The molecule has 1 aromatic rings. The number of carbonyl (C=O) groups excluding carboxylic acids is 1. The molecule has 0 unspecified atom stereocenters. The molecule has 0 radical (unpaired) electrons. The Kier molecular flexibility index (Phi) is 8.92. The minimum Gasteiger partial charge on any atom is -0.352 e. The van der Waals surface area contributed by atoms with Crippen LogP contribution in [0, 0.1) is 0 Å². The third-order valence-electron chi connectivity index (χ3n) is 5.23. The van der Waals surface area contributed by atoms with E-state index in [1.165, 1.54) is 6.42 Å². The Hall–Kier alpha value is -0.960. The smallest absolute Gasteiger partial charge is 0.253 e. The standard InChI is InChI=1S/C21H32N4OS.HI/c1-21(2)16-25(13-14-27-21)20(22-3)23-15-17-7-9-18(10-8-17)19(26)24-11-5-4-6-12-24;/h7-10H,4-6,11-16H2,1-3H3,(H,22,23);1H. The number of hydrogen-bond donors (Lipinski definition) is 1. The SMILES string of the molecule is CN=C(NCc1ccc(C(=O)N2CCCCC2)cc1)N1CCSC(C)(C)C1.I. The third-order valence-corrected chi connectivity index (χ3v) is 6.53. The maximum absolute atomic E-state index is 12.6. The molecule has 2 saturated heterocycles. The third kappa shape index (κ3) is 6.27. The second-order valence-electron chi connectivity index (χ2n) is 7.98. The molecule has 0 bridgehead atoms. The molecule has 0 aliphatic carbocycles. The van der Waals surface area contributed by atoms with Gasteiger partial charge >= 0.3 is 0 Å². The lowest BCUT2D eigenvalue weighted by molar-refractivity contribution is 0.0724. The summed E-state index contributed by atoms with van der Waals surface area (Å²) >= 11 is 2.02. The van der Waals surface area contributed by atoms with Crippen LogP contribution in [0.5, 0.6) is 0 Å². The number of hydrogen-bond acceptors (Lipinski definition) is 3. The largest absolute Gasteiger partial charge is 0.352 e. The molecule has 0 spiro atoms. The zero-order valence-electron chi connectivity index (χ0n) is 17.2. The van der Waals surface area contributed by atoms with E-state index in [1.807, 2.05) is 48.0 Å². The van der Waals surface area contributed by atoms with Crippen molar-refractivity contribution in [1.82, 2.24) is 15.1 Å². The van der Waals surface area contributed by atoms with Crippen molar-refractivity contribution >= 4 is 47.6 Å². The number of thioether (sulfide) groups is 1. The lowest BCUT2D eigenvalue weighted by atomic mass is 10.1. The van der Waals surface area contributed by atoms with Gasteiger partial charge in [-0.3, -0.25) is 9.79 Å². The lowest BCUT2D eigenvalue weighted by Crippen LogP contribution is -2.50. The Morgan fingerprint density at radius 3 is 2.39 bits per heavy atom. The van der Waals surface area contributed by atoms with Crippen molar-refractivity contribution in [2.24, 2.45) is 4.99 Å². The minimum atomic E-state index is 0. The van der Waals surface area contributed by atoms with E-state index in [0.29, 0.717) is 0 Å². The fraction of sp³-hybridized carbons (Fsp3) is 0.619. The fourth-order valence-electron chi connectivity index (χ4n) is 3.76. The molecule has 2 aliphatic heterocycles. The number of rotatable bonds is 3. The molecular formula is C21H33IN4OS. The highest BCUT2D eigenvalue weighted by Gasteiger charge is 2.28. The van der Waals surface area contributed by atoms with Gasteiger partial charge < -0.3 is 15.1 Å². The Morgan fingerprint density at radius 2 is 1.79 bits per heavy atom. The molecule has 7 heteroatoms. The average Bonchev–Trinajstić information content (AvgIpc) is 2.68. The second-order valence-corrected chi connectivity index (χ2v) is 9.78. The molecule has 2 heterocycles. The van der Waals surface area contributed by atoms with Gasteiger partial charge in [0.1, 0.15) is 0 Å². The van der Waals surface area contributed by atoms with Gasteiger partial charge in [-0.2, -0.15) is 11.8 Å². The number of piperidine rings is 1. The molecule has 0 aromatic heterocycles. The number of nitrogens with zero attached hydrogens (tertiary/aromatic N) is 3. The number of benzene rings is 1. The summed E-state index contributed by atoms with van der Waals surface area (Å²) < 4.78 is 0.256. The average molecular weight is 516 g/mol. The molecule has 3 rings (SSSR count). The summed E-state index contributed by atoms with van der Waals surface area (Å²) in [6.45, 7) is 9.10. The van der Waals surface area contributed by atoms with Gasteiger partial charge in [-0.05, 0) is 50.8 Å². The zero-order chi connectivity index (χ0) is 19.3. The van der Waals surface area contributed by atoms with Crippen LogP contribution in [0.1, 0.15) is 49.0 Å². The fourth-order valence-corrected chi connectivity index (χ4v) is 4.87. The van der Waals surface area contributed by atoms with Crippen LogP contribution in [-0.2, 0) is 6.54 Å². The summed E-state index contributed by atoms with van der Waals surface area (Å²) in [5, 5.41) is 3.48. The van der Waals surface area contributed by atoms with Crippen molar-refractivity contribution in [3.63, 3.8) is 0 Å². The number of guanidine groups is 1.